The summed E-state index contributed by atoms with van der Waals surface area (Å²) in [7, 11) is 0. The second-order valence-electron chi connectivity index (χ2n) is 4.87. The number of pyridine rings is 1. The van der Waals surface area contributed by atoms with Gasteiger partial charge >= 0.3 is 0 Å². The fourth-order valence-corrected chi connectivity index (χ4v) is 2.30. The molecule has 1 fully saturated rings. The van der Waals surface area contributed by atoms with Crippen molar-refractivity contribution in [2.45, 2.75) is 32.7 Å². The first-order valence-electron chi connectivity index (χ1n) is 6.81. The molecular weight excluding hydrogens is 226 g/mol. The van der Waals surface area contributed by atoms with Crippen molar-refractivity contribution in [3.8, 4) is 5.88 Å². The Balaban J connectivity index is 1.83. The average Bonchev–Trinajstić information content (AvgIpc) is 2.40. The Morgan fingerprint density at radius 2 is 2.06 bits per heavy atom. The van der Waals surface area contributed by atoms with E-state index >= 15 is 0 Å². The maximum absolute atomic E-state index is 5.78. The van der Waals surface area contributed by atoms with E-state index in [-0.39, 0.29) is 0 Å². The standard InChI is InChI=1S/C14H23N3O/c1-12-5-6-13(11-15)14(16-12)18-10-9-17-7-3-2-4-8-17/h5-6H,2-4,7-11,15H2,1H3. The maximum Gasteiger partial charge on any atom is 0.218 e. The lowest BCUT2D eigenvalue weighted by Gasteiger charge is -2.26. The summed E-state index contributed by atoms with van der Waals surface area (Å²) in [5.41, 5.74) is 7.64. The Kier molecular flexibility index (Phi) is 4.96. The predicted molar refractivity (Wildman–Crippen MR) is 72.7 cm³/mol. The Labute approximate surface area is 109 Å². The maximum atomic E-state index is 5.78. The Bertz CT molecular complexity index is 375. The summed E-state index contributed by atoms with van der Waals surface area (Å²) in [6.07, 6.45) is 4.00. The van der Waals surface area contributed by atoms with Gasteiger partial charge in [-0.1, -0.05) is 12.5 Å². The molecular formula is C14H23N3O. The van der Waals surface area contributed by atoms with Gasteiger partial charge in [0.1, 0.15) is 6.61 Å². The molecule has 2 rings (SSSR count). The number of likely N-dealkylation sites (tertiary alicyclic amines) is 1. The smallest absolute Gasteiger partial charge is 0.218 e. The monoisotopic (exact) mass is 249 g/mol. The van der Waals surface area contributed by atoms with E-state index in [1.54, 1.807) is 0 Å². The van der Waals surface area contributed by atoms with Gasteiger partial charge in [-0.3, -0.25) is 4.90 Å². The average molecular weight is 249 g/mol. The molecule has 0 aromatic carbocycles. The van der Waals surface area contributed by atoms with E-state index in [0.717, 1.165) is 17.8 Å². The van der Waals surface area contributed by atoms with E-state index in [2.05, 4.69) is 9.88 Å². The quantitative estimate of drug-likeness (QED) is 0.863. The van der Waals surface area contributed by atoms with Gasteiger partial charge in [0.15, 0.2) is 0 Å². The van der Waals surface area contributed by atoms with Crippen LogP contribution in [0.4, 0.5) is 0 Å². The van der Waals surface area contributed by atoms with Gasteiger partial charge in [-0.05, 0) is 38.9 Å². The van der Waals surface area contributed by atoms with Gasteiger partial charge in [-0.25, -0.2) is 4.98 Å². The third kappa shape index (κ3) is 3.68. The fraction of sp³-hybridized carbons (Fsp3) is 0.643. The number of rotatable bonds is 5. The van der Waals surface area contributed by atoms with Crippen molar-refractivity contribution in [1.82, 2.24) is 9.88 Å². The van der Waals surface area contributed by atoms with Crippen LogP contribution in [0.3, 0.4) is 0 Å². The lowest BCUT2D eigenvalue weighted by Crippen LogP contribution is -2.33. The number of ether oxygens (including phenoxy) is 1. The van der Waals surface area contributed by atoms with Crippen molar-refractivity contribution in [2.75, 3.05) is 26.2 Å². The van der Waals surface area contributed by atoms with Crippen LogP contribution in [0.1, 0.15) is 30.5 Å². The Hall–Kier alpha value is -1.13. The molecule has 4 heteroatoms. The van der Waals surface area contributed by atoms with E-state index < -0.39 is 0 Å². The molecule has 1 aliphatic rings. The van der Waals surface area contributed by atoms with Crippen LogP contribution in [0, 0.1) is 6.92 Å². The van der Waals surface area contributed by atoms with Gasteiger partial charge in [0.25, 0.3) is 0 Å². The summed E-state index contributed by atoms with van der Waals surface area (Å²) in [5.74, 6) is 0.703. The number of nitrogens with two attached hydrogens (primary N) is 1. The van der Waals surface area contributed by atoms with Crippen LogP contribution in [-0.4, -0.2) is 36.1 Å². The number of aromatic nitrogens is 1. The molecule has 2 N–H and O–H groups in total. The lowest BCUT2D eigenvalue weighted by molar-refractivity contribution is 0.179. The highest BCUT2D eigenvalue weighted by molar-refractivity contribution is 5.27. The van der Waals surface area contributed by atoms with Crippen molar-refractivity contribution < 1.29 is 4.74 Å². The number of nitrogens with zero attached hydrogens (tertiary/aromatic N) is 2. The molecule has 2 heterocycles. The van der Waals surface area contributed by atoms with Gasteiger partial charge in [0.2, 0.25) is 5.88 Å². The first-order valence-corrected chi connectivity index (χ1v) is 6.81. The van der Waals surface area contributed by atoms with E-state index in [9.17, 15) is 0 Å². The van der Waals surface area contributed by atoms with Gasteiger partial charge in [-0.15, -0.1) is 0 Å². The zero-order valence-electron chi connectivity index (χ0n) is 11.2. The van der Waals surface area contributed by atoms with Crippen LogP contribution in [-0.2, 0) is 6.54 Å². The largest absolute Gasteiger partial charge is 0.476 e. The van der Waals surface area contributed by atoms with Gasteiger partial charge < -0.3 is 10.5 Å². The molecule has 1 aromatic rings. The molecule has 0 spiro atoms. The van der Waals surface area contributed by atoms with Crippen molar-refractivity contribution >= 4 is 0 Å². The normalized spacial score (nSPS) is 16.8. The zero-order valence-corrected chi connectivity index (χ0v) is 11.2. The first-order chi connectivity index (χ1) is 8.79. The highest BCUT2D eigenvalue weighted by atomic mass is 16.5. The summed E-state index contributed by atoms with van der Waals surface area (Å²) in [6, 6.07) is 3.97. The minimum atomic E-state index is 0.478. The molecule has 1 aliphatic heterocycles. The summed E-state index contributed by atoms with van der Waals surface area (Å²) in [5, 5.41) is 0. The summed E-state index contributed by atoms with van der Waals surface area (Å²) in [4.78, 5) is 6.87. The molecule has 0 unspecified atom stereocenters. The number of hydrogen-bond donors (Lipinski definition) is 1. The zero-order chi connectivity index (χ0) is 12.8. The van der Waals surface area contributed by atoms with Gasteiger partial charge in [0, 0.05) is 24.3 Å². The Morgan fingerprint density at radius 3 is 2.78 bits per heavy atom. The van der Waals surface area contributed by atoms with Crippen LogP contribution in [0.15, 0.2) is 12.1 Å². The molecule has 0 bridgehead atoms. The fourth-order valence-electron chi connectivity index (χ4n) is 2.30. The molecule has 4 nitrogen and oxygen atoms in total. The van der Waals surface area contributed by atoms with Crippen LogP contribution >= 0.6 is 0 Å². The van der Waals surface area contributed by atoms with Crippen LogP contribution in [0.2, 0.25) is 0 Å². The topological polar surface area (TPSA) is 51.4 Å². The summed E-state index contributed by atoms with van der Waals surface area (Å²) >= 11 is 0. The number of aryl methyl sites for hydroxylation is 1. The van der Waals surface area contributed by atoms with E-state index in [4.69, 9.17) is 10.5 Å². The van der Waals surface area contributed by atoms with Crippen LogP contribution < -0.4 is 10.5 Å². The third-order valence-electron chi connectivity index (χ3n) is 3.39. The summed E-state index contributed by atoms with van der Waals surface area (Å²) < 4.78 is 5.78. The molecule has 0 saturated carbocycles. The summed E-state index contributed by atoms with van der Waals surface area (Å²) in [6.45, 7) is 6.54. The van der Waals surface area contributed by atoms with Crippen LogP contribution in [0.5, 0.6) is 5.88 Å². The number of hydrogen-bond acceptors (Lipinski definition) is 4. The van der Waals surface area contributed by atoms with Crippen molar-refractivity contribution in [3.63, 3.8) is 0 Å². The van der Waals surface area contributed by atoms with Gasteiger partial charge in [-0.2, -0.15) is 0 Å². The third-order valence-corrected chi connectivity index (χ3v) is 3.39. The second kappa shape index (κ2) is 6.71. The molecule has 0 radical (unpaired) electrons. The molecule has 1 saturated heterocycles. The van der Waals surface area contributed by atoms with E-state index in [1.165, 1.54) is 32.4 Å². The molecule has 18 heavy (non-hydrogen) atoms. The number of piperidine rings is 1. The highest BCUT2D eigenvalue weighted by Crippen LogP contribution is 2.15. The lowest BCUT2D eigenvalue weighted by atomic mass is 10.1. The highest BCUT2D eigenvalue weighted by Gasteiger charge is 2.10. The molecule has 100 valence electrons. The minimum absolute atomic E-state index is 0.478. The predicted octanol–water partition coefficient (Wildman–Crippen LogP) is 1.71. The van der Waals surface area contributed by atoms with Gasteiger partial charge in [0.05, 0.1) is 0 Å². The second-order valence-corrected chi connectivity index (χ2v) is 4.87. The van der Waals surface area contributed by atoms with E-state index in [0.29, 0.717) is 19.0 Å². The van der Waals surface area contributed by atoms with Crippen LogP contribution in [0.25, 0.3) is 0 Å². The van der Waals surface area contributed by atoms with Crippen molar-refractivity contribution in [1.29, 1.82) is 0 Å². The SMILES string of the molecule is Cc1ccc(CN)c(OCCN2CCCCC2)n1. The minimum Gasteiger partial charge on any atom is -0.476 e. The Morgan fingerprint density at radius 1 is 1.28 bits per heavy atom. The molecule has 0 amide bonds. The molecule has 0 atom stereocenters. The van der Waals surface area contributed by atoms with E-state index in [1.807, 2.05) is 19.1 Å². The first kappa shape index (κ1) is 13.3. The van der Waals surface area contributed by atoms with Crippen molar-refractivity contribution in [2.24, 2.45) is 5.73 Å². The van der Waals surface area contributed by atoms with Crippen molar-refractivity contribution in [3.05, 3.63) is 23.4 Å². The molecule has 1 aromatic heterocycles. The molecule has 0 aliphatic carbocycles.